The van der Waals surface area contributed by atoms with Crippen LogP contribution < -0.4 is 9.47 Å². The van der Waals surface area contributed by atoms with Gasteiger partial charge in [0.05, 0.1) is 11.0 Å². The molecular weight excluding hydrogens is 282 g/mol. The molecule has 4 nitrogen and oxygen atoms in total. The first kappa shape index (κ1) is 14.1. The minimum absolute atomic E-state index is 0.0458. The van der Waals surface area contributed by atoms with Gasteiger partial charge in [-0.3, -0.25) is 4.79 Å². The highest BCUT2D eigenvalue weighted by Crippen LogP contribution is 2.49. The summed E-state index contributed by atoms with van der Waals surface area (Å²) in [6.07, 6.45) is 2.78. The molecule has 2 aliphatic rings. The summed E-state index contributed by atoms with van der Waals surface area (Å²) in [7, 11) is 0. The standard InChI is InChI=1S/C15H16F2O4/c16-9-8-10-13(21-7-6-20-10)11(12(9)17)15(14(18)19)4-2-1-3-5-15/h8H,1-7H2,(H,18,19). The van der Waals surface area contributed by atoms with Gasteiger partial charge < -0.3 is 14.6 Å². The molecule has 0 amide bonds. The maximum Gasteiger partial charge on any atom is 0.314 e. The van der Waals surface area contributed by atoms with E-state index in [1.54, 1.807) is 0 Å². The smallest absolute Gasteiger partial charge is 0.314 e. The van der Waals surface area contributed by atoms with Crippen LogP contribution in [-0.2, 0) is 10.2 Å². The number of carboxylic acid groups (broad SMARTS) is 1. The van der Waals surface area contributed by atoms with Crippen LogP contribution in [0.1, 0.15) is 37.7 Å². The molecule has 1 saturated carbocycles. The number of halogens is 2. The molecule has 1 aromatic carbocycles. The van der Waals surface area contributed by atoms with Crippen LogP contribution in [0.2, 0.25) is 0 Å². The van der Waals surface area contributed by atoms with Gasteiger partial charge in [0.2, 0.25) is 0 Å². The maximum absolute atomic E-state index is 14.4. The number of ether oxygens (including phenoxy) is 2. The molecule has 1 N–H and O–H groups in total. The number of carboxylic acids is 1. The highest BCUT2D eigenvalue weighted by molar-refractivity contribution is 5.83. The molecule has 1 heterocycles. The van der Waals surface area contributed by atoms with Crippen LogP contribution >= 0.6 is 0 Å². The van der Waals surface area contributed by atoms with Crippen molar-refractivity contribution in [2.45, 2.75) is 37.5 Å². The topological polar surface area (TPSA) is 55.8 Å². The van der Waals surface area contributed by atoms with Gasteiger partial charge in [-0.05, 0) is 12.8 Å². The molecule has 6 heteroatoms. The fraction of sp³-hybridized carbons (Fsp3) is 0.533. The van der Waals surface area contributed by atoms with Crippen LogP contribution in [0, 0.1) is 11.6 Å². The lowest BCUT2D eigenvalue weighted by Crippen LogP contribution is -2.40. The zero-order chi connectivity index (χ0) is 15.0. The molecule has 0 saturated heterocycles. The third kappa shape index (κ3) is 2.13. The summed E-state index contributed by atoms with van der Waals surface area (Å²) in [4.78, 5) is 11.8. The fourth-order valence-corrected chi connectivity index (χ4v) is 3.29. The number of carbonyl (C=O) groups is 1. The molecule has 21 heavy (non-hydrogen) atoms. The molecule has 3 rings (SSSR count). The Kier molecular flexibility index (Phi) is 3.47. The first-order valence-electron chi connectivity index (χ1n) is 7.08. The summed E-state index contributed by atoms with van der Waals surface area (Å²) in [5.74, 6) is -3.24. The van der Waals surface area contributed by atoms with Gasteiger partial charge in [0.1, 0.15) is 13.2 Å². The molecule has 0 radical (unpaired) electrons. The average Bonchev–Trinajstić information content (AvgIpc) is 2.49. The summed E-state index contributed by atoms with van der Waals surface area (Å²) in [6.45, 7) is 0.429. The second kappa shape index (κ2) is 5.16. The first-order chi connectivity index (χ1) is 10.1. The predicted octanol–water partition coefficient (Wildman–Crippen LogP) is 3.02. The van der Waals surface area contributed by atoms with Crippen molar-refractivity contribution in [3.05, 3.63) is 23.3 Å². The van der Waals surface area contributed by atoms with Crippen LogP contribution in [-0.4, -0.2) is 24.3 Å². The highest BCUT2D eigenvalue weighted by atomic mass is 19.2. The van der Waals surface area contributed by atoms with Crippen molar-refractivity contribution >= 4 is 5.97 Å². The van der Waals surface area contributed by atoms with E-state index in [0.717, 1.165) is 12.5 Å². The predicted molar refractivity (Wildman–Crippen MR) is 69.7 cm³/mol. The van der Waals surface area contributed by atoms with Gasteiger partial charge in [-0.15, -0.1) is 0 Å². The molecule has 114 valence electrons. The second-order valence-electron chi connectivity index (χ2n) is 5.52. The molecule has 0 unspecified atom stereocenters. The van der Waals surface area contributed by atoms with Crippen LogP contribution in [0.15, 0.2) is 6.07 Å². The van der Waals surface area contributed by atoms with Gasteiger partial charge >= 0.3 is 5.97 Å². The average molecular weight is 298 g/mol. The molecule has 0 atom stereocenters. The summed E-state index contributed by atoms with van der Waals surface area (Å²) in [5.41, 5.74) is -1.63. The Bertz CT molecular complexity index is 580. The Morgan fingerprint density at radius 1 is 1.14 bits per heavy atom. The van der Waals surface area contributed by atoms with Gasteiger partial charge in [-0.2, -0.15) is 0 Å². The number of hydrogen-bond acceptors (Lipinski definition) is 3. The van der Waals surface area contributed by atoms with E-state index in [1.807, 2.05) is 0 Å². The lowest BCUT2D eigenvalue weighted by molar-refractivity contribution is -0.145. The van der Waals surface area contributed by atoms with Crippen molar-refractivity contribution in [2.75, 3.05) is 13.2 Å². The van der Waals surface area contributed by atoms with E-state index in [0.29, 0.717) is 12.8 Å². The third-order valence-corrected chi connectivity index (χ3v) is 4.32. The summed E-state index contributed by atoms with van der Waals surface area (Å²) < 4.78 is 39.0. The zero-order valence-electron chi connectivity index (χ0n) is 11.5. The Hall–Kier alpha value is -1.85. The summed E-state index contributed by atoms with van der Waals surface area (Å²) >= 11 is 0. The third-order valence-electron chi connectivity index (χ3n) is 4.32. The number of rotatable bonds is 2. The molecule has 1 aliphatic carbocycles. The van der Waals surface area contributed by atoms with Gasteiger partial charge in [0, 0.05) is 6.07 Å². The van der Waals surface area contributed by atoms with E-state index in [1.165, 1.54) is 0 Å². The van der Waals surface area contributed by atoms with Crippen molar-refractivity contribution in [1.82, 2.24) is 0 Å². The maximum atomic E-state index is 14.4. The number of fused-ring (bicyclic) bond motifs is 1. The van der Waals surface area contributed by atoms with Crippen LogP contribution in [0.5, 0.6) is 11.5 Å². The van der Waals surface area contributed by atoms with Gasteiger partial charge in [0.25, 0.3) is 0 Å². The lowest BCUT2D eigenvalue weighted by atomic mass is 9.68. The molecular formula is C15H16F2O4. The quantitative estimate of drug-likeness (QED) is 0.912. The van der Waals surface area contributed by atoms with E-state index in [-0.39, 0.29) is 43.1 Å². The minimum atomic E-state index is -1.44. The van der Waals surface area contributed by atoms with Crippen molar-refractivity contribution in [1.29, 1.82) is 0 Å². The Labute approximate surface area is 120 Å². The zero-order valence-corrected chi connectivity index (χ0v) is 11.5. The van der Waals surface area contributed by atoms with Crippen molar-refractivity contribution in [3.8, 4) is 11.5 Å². The SMILES string of the molecule is O=C(O)C1(c2c(F)c(F)cc3c2OCCO3)CCCCC1. The van der Waals surface area contributed by atoms with Gasteiger partial charge in [-0.25, -0.2) is 8.78 Å². The number of aliphatic carboxylic acids is 1. The Balaban J connectivity index is 2.24. The molecule has 1 fully saturated rings. The van der Waals surface area contributed by atoms with Crippen LogP contribution in [0.3, 0.4) is 0 Å². The molecule has 0 bridgehead atoms. The minimum Gasteiger partial charge on any atom is -0.486 e. The summed E-state index contributed by atoms with van der Waals surface area (Å²) in [6, 6.07) is 0.922. The second-order valence-corrected chi connectivity index (χ2v) is 5.52. The van der Waals surface area contributed by atoms with Crippen molar-refractivity contribution in [3.63, 3.8) is 0 Å². The van der Waals surface area contributed by atoms with Crippen molar-refractivity contribution in [2.24, 2.45) is 0 Å². The molecule has 1 aromatic rings. The lowest BCUT2D eigenvalue weighted by Gasteiger charge is -2.36. The fourth-order valence-electron chi connectivity index (χ4n) is 3.29. The Morgan fingerprint density at radius 2 is 1.81 bits per heavy atom. The highest BCUT2D eigenvalue weighted by Gasteiger charge is 2.47. The molecule has 0 aromatic heterocycles. The van der Waals surface area contributed by atoms with E-state index >= 15 is 0 Å². The molecule has 0 spiro atoms. The monoisotopic (exact) mass is 298 g/mol. The first-order valence-corrected chi connectivity index (χ1v) is 7.08. The normalized spacial score (nSPS) is 20.1. The van der Waals surface area contributed by atoms with E-state index in [9.17, 15) is 18.7 Å². The van der Waals surface area contributed by atoms with Crippen LogP contribution in [0.4, 0.5) is 8.78 Å². The van der Waals surface area contributed by atoms with Gasteiger partial charge in [0.15, 0.2) is 23.1 Å². The largest absolute Gasteiger partial charge is 0.486 e. The van der Waals surface area contributed by atoms with E-state index in [4.69, 9.17) is 9.47 Å². The van der Waals surface area contributed by atoms with E-state index in [2.05, 4.69) is 0 Å². The molecule has 1 aliphatic heterocycles. The van der Waals surface area contributed by atoms with E-state index < -0.39 is 23.0 Å². The van der Waals surface area contributed by atoms with Gasteiger partial charge in [-0.1, -0.05) is 19.3 Å². The summed E-state index contributed by atoms with van der Waals surface area (Å²) in [5, 5.41) is 9.67. The Morgan fingerprint density at radius 3 is 2.48 bits per heavy atom. The number of benzene rings is 1. The number of hydrogen-bond donors (Lipinski definition) is 1. The van der Waals surface area contributed by atoms with Crippen LogP contribution in [0.25, 0.3) is 0 Å². The van der Waals surface area contributed by atoms with Crippen molar-refractivity contribution < 1.29 is 28.2 Å².